The summed E-state index contributed by atoms with van der Waals surface area (Å²) in [5, 5.41) is 15.7. The highest BCUT2D eigenvalue weighted by Crippen LogP contribution is 2.26. The molecule has 0 unspecified atom stereocenters. The van der Waals surface area contributed by atoms with E-state index >= 15 is 0 Å². The molecule has 0 aliphatic heterocycles. The fourth-order valence-electron chi connectivity index (χ4n) is 2.20. The van der Waals surface area contributed by atoms with Crippen LogP contribution < -0.4 is 9.86 Å². The Hall–Kier alpha value is -2.84. The van der Waals surface area contributed by atoms with Crippen LogP contribution in [-0.2, 0) is 10.2 Å². The van der Waals surface area contributed by atoms with Gasteiger partial charge in [-0.1, -0.05) is 18.2 Å². The maximum absolute atomic E-state index is 10.9. The number of hydrogen-bond donors (Lipinski definition) is 4. The van der Waals surface area contributed by atoms with Crippen LogP contribution in [0.15, 0.2) is 53.5 Å². The number of aromatic hydroxyl groups is 1. The van der Waals surface area contributed by atoms with Gasteiger partial charge in [0.25, 0.3) is 10.2 Å². The van der Waals surface area contributed by atoms with E-state index in [0.717, 1.165) is 10.9 Å². The van der Waals surface area contributed by atoms with Crippen molar-refractivity contribution in [3.8, 4) is 5.88 Å². The second-order valence-electron chi connectivity index (χ2n) is 4.89. The van der Waals surface area contributed by atoms with E-state index in [1.54, 1.807) is 30.5 Å². The molecule has 3 aromatic rings. The number of H-pyrrole nitrogens is 1. The van der Waals surface area contributed by atoms with Crippen molar-refractivity contribution in [3.63, 3.8) is 0 Å². The zero-order valence-electron chi connectivity index (χ0n) is 11.9. The molecule has 23 heavy (non-hydrogen) atoms. The second-order valence-corrected chi connectivity index (χ2v) is 6.18. The Morgan fingerprint density at radius 2 is 1.83 bits per heavy atom. The largest absolute Gasteiger partial charge is 0.494 e. The van der Waals surface area contributed by atoms with E-state index in [1.807, 2.05) is 24.3 Å². The molecule has 1 heterocycles. The van der Waals surface area contributed by atoms with E-state index in [1.165, 1.54) is 0 Å². The molecular formula is C15H14N4O3S. The molecule has 8 heteroatoms. The van der Waals surface area contributed by atoms with Gasteiger partial charge in [0.05, 0.1) is 11.3 Å². The first-order valence-electron chi connectivity index (χ1n) is 6.67. The normalized spacial score (nSPS) is 12.0. The zero-order valence-corrected chi connectivity index (χ0v) is 12.7. The van der Waals surface area contributed by atoms with Gasteiger partial charge in [-0.3, -0.25) is 9.71 Å². The number of fused-ring (bicyclic) bond motifs is 1. The third-order valence-electron chi connectivity index (χ3n) is 3.20. The van der Waals surface area contributed by atoms with Crippen LogP contribution in [0.4, 0.5) is 11.4 Å². The van der Waals surface area contributed by atoms with Crippen molar-refractivity contribution in [1.29, 1.82) is 0 Å². The van der Waals surface area contributed by atoms with Crippen molar-refractivity contribution in [2.45, 2.75) is 0 Å². The van der Waals surface area contributed by atoms with Crippen molar-refractivity contribution in [2.75, 3.05) is 4.72 Å². The lowest BCUT2D eigenvalue weighted by atomic mass is 10.2. The van der Waals surface area contributed by atoms with E-state index in [-0.39, 0.29) is 5.88 Å². The third-order valence-corrected chi connectivity index (χ3v) is 3.72. The highest BCUT2D eigenvalue weighted by atomic mass is 32.2. The predicted octanol–water partition coefficient (Wildman–Crippen LogP) is 2.24. The molecule has 0 fully saturated rings. The summed E-state index contributed by atoms with van der Waals surface area (Å²) in [6.07, 6.45) is 1.55. The van der Waals surface area contributed by atoms with Crippen LogP contribution in [0.3, 0.4) is 0 Å². The summed E-state index contributed by atoms with van der Waals surface area (Å²) in [6, 6.07) is 13.9. The first-order chi connectivity index (χ1) is 10.9. The highest BCUT2D eigenvalue weighted by molar-refractivity contribution is 7.90. The minimum absolute atomic E-state index is 0.0439. The summed E-state index contributed by atoms with van der Waals surface area (Å²) >= 11 is 0. The maximum Gasteiger partial charge on any atom is 0.296 e. The molecule has 0 aliphatic rings. The van der Waals surface area contributed by atoms with Crippen LogP contribution in [0.2, 0.25) is 0 Å². The molecule has 0 aliphatic carbocycles. The molecule has 0 spiro atoms. The van der Waals surface area contributed by atoms with Gasteiger partial charge < -0.3 is 10.1 Å². The van der Waals surface area contributed by atoms with Crippen molar-refractivity contribution in [1.82, 2.24) is 4.98 Å². The van der Waals surface area contributed by atoms with Gasteiger partial charge in [0, 0.05) is 22.8 Å². The third kappa shape index (κ3) is 3.50. The minimum atomic E-state index is -3.79. The SMILES string of the molecule is NS(=O)(=O)Nc1ccc(N=Cc2c(O)[nH]c3ccccc23)cc1. The van der Waals surface area contributed by atoms with Gasteiger partial charge in [-0.15, -0.1) is 0 Å². The molecule has 3 rings (SSSR count). The lowest BCUT2D eigenvalue weighted by molar-refractivity contribution is 0.457. The standard InChI is InChI=1S/C15H14N4O3S/c16-23(21,22)19-11-7-5-10(6-8-11)17-9-13-12-3-1-2-4-14(12)18-15(13)20/h1-9,18-20H,(H2,16,21,22). The van der Waals surface area contributed by atoms with Gasteiger partial charge in [0.2, 0.25) is 0 Å². The fraction of sp³-hybridized carbons (Fsp3) is 0. The second kappa shape index (κ2) is 5.75. The van der Waals surface area contributed by atoms with Gasteiger partial charge in [-0.2, -0.15) is 8.42 Å². The molecule has 0 saturated heterocycles. The smallest absolute Gasteiger partial charge is 0.296 e. The van der Waals surface area contributed by atoms with Crippen LogP contribution in [0.1, 0.15) is 5.56 Å². The molecule has 0 atom stereocenters. The number of rotatable bonds is 4. The number of hydrogen-bond acceptors (Lipinski definition) is 4. The number of benzene rings is 2. The lowest BCUT2D eigenvalue weighted by Crippen LogP contribution is -2.21. The Kier molecular flexibility index (Phi) is 3.77. The molecule has 0 amide bonds. The summed E-state index contributed by atoms with van der Waals surface area (Å²) in [7, 11) is -3.79. The van der Waals surface area contributed by atoms with Crippen molar-refractivity contribution in [2.24, 2.45) is 10.1 Å². The molecule has 118 valence electrons. The number of nitrogens with zero attached hydrogens (tertiary/aromatic N) is 1. The Bertz CT molecular complexity index is 976. The predicted molar refractivity (Wildman–Crippen MR) is 90.4 cm³/mol. The van der Waals surface area contributed by atoms with E-state index in [0.29, 0.717) is 16.9 Å². The monoisotopic (exact) mass is 330 g/mol. The van der Waals surface area contributed by atoms with E-state index < -0.39 is 10.2 Å². The molecule has 0 bridgehead atoms. The average molecular weight is 330 g/mol. The Morgan fingerprint density at radius 3 is 2.52 bits per heavy atom. The van der Waals surface area contributed by atoms with Gasteiger partial charge in [-0.05, 0) is 30.3 Å². The van der Waals surface area contributed by atoms with Crippen LogP contribution in [0.5, 0.6) is 5.88 Å². The summed E-state index contributed by atoms with van der Waals surface area (Å²) in [6.45, 7) is 0. The van der Waals surface area contributed by atoms with Crippen molar-refractivity contribution in [3.05, 3.63) is 54.1 Å². The van der Waals surface area contributed by atoms with E-state index in [2.05, 4.69) is 14.7 Å². The summed E-state index contributed by atoms with van der Waals surface area (Å²) in [5.41, 5.74) is 2.36. The quantitative estimate of drug-likeness (QED) is 0.549. The maximum atomic E-state index is 10.9. The molecule has 0 saturated carbocycles. The van der Waals surface area contributed by atoms with Crippen molar-refractivity contribution < 1.29 is 13.5 Å². The van der Waals surface area contributed by atoms with Crippen LogP contribution in [0.25, 0.3) is 10.9 Å². The van der Waals surface area contributed by atoms with E-state index in [4.69, 9.17) is 5.14 Å². The minimum Gasteiger partial charge on any atom is -0.494 e. The molecule has 1 aromatic heterocycles. The van der Waals surface area contributed by atoms with Crippen LogP contribution in [0, 0.1) is 0 Å². The molecule has 7 nitrogen and oxygen atoms in total. The number of anilines is 1. The topological polar surface area (TPSA) is 121 Å². The number of aliphatic imine (C=N–C) groups is 1. The molecular weight excluding hydrogens is 316 g/mol. The van der Waals surface area contributed by atoms with Crippen LogP contribution >= 0.6 is 0 Å². The highest BCUT2D eigenvalue weighted by Gasteiger charge is 2.07. The van der Waals surface area contributed by atoms with Gasteiger partial charge in [0.1, 0.15) is 0 Å². The Morgan fingerprint density at radius 1 is 1.13 bits per heavy atom. The van der Waals surface area contributed by atoms with Crippen molar-refractivity contribution >= 4 is 38.7 Å². The summed E-state index contributed by atoms with van der Waals surface area (Å²) < 4.78 is 24.0. The zero-order chi connectivity index (χ0) is 16.4. The first kappa shape index (κ1) is 15.1. The Balaban J connectivity index is 1.86. The van der Waals surface area contributed by atoms with Gasteiger partial charge in [0.15, 0.2) is 5.88 Å². The Labute approximate surface area is 132 Å². The van der Waals surface area contributed by atoms with Gasteiger partial charge >= 0.3 is 0 Å². The number of para-hydroxylation sites is 1. The van der Waals surface area contributed by atoms with Crippen LogP contribution in [-0.4, -0.2) is 24.7 Å². The lowest BCUT2D eigenvalue weighted by Gasteiger charge is -2.02. The molecule has 0 radical (unpaired) electrons. The number of nitrogens with two attached hydrogens (primary N) is 1. The average Bonchev–Trinajstić information content (AvgIpc) is 2.80. The molecule has 5 N–H and O–H groups in total. The summed E-state index contributed by atoms with van der Waals surface area (Å²) in [4.78, 5) is 7.16. The summed E-state index contributed by atoms with van der Waals surface area (Å²) in [5.74, 6) is 0.0439. The fourth-order valence-corrected chi connectivity index (χ4v) is 2.66. The first-order valence-corrected chi connectivity index (χ1v) is 8.21. The van der Waals surface area contributed by atoms with Gasteiger partial charge in [-0.25, -0.2) is 5.14 Å². The number of aromatic amines is 1. The van der Waals surface area contributed by atoms with E-state index in [9.17, 15) is 13.5 Å². The number of aromatic nitrogens is 1. The number of nitrogens with one attached hydrogen (secondary N) is 2. The molecule has 2 aromatic carbocycles.